The lowest BCUT2D eigenvalue weighted by Crippen LogP contribution is -2.05. The largest absolute Gasteiger partial charge is 0.494 e. The number of hydrogen-bond acceptors (Lipinski definition) is 7. The second-order valence-electron chi connectivity index (χ2n) is 4.86. The number of tetrazole rings is 1. The number of thioether (sulfide) groups is 1. The van der Waals surface area contributed by atoms with Crippen LogP contribution in [0.5, 0.6) is 5.75 Å². The van der Waals surface area contributed by atoms with Gasteiger partial charge in [0, 0.05) is 0 Å². The van der Waals surface area contributed by atoms with Gasteiger partial charge in [-0.1, -0.05) is 17.8 Å². The molecule has 0 amide bonds. The molecule has 0 aliphatic carbocycles. The monoisotopic (exact) mass is 424 g/mol. The quantitative estimate of drug-likeness (QED) is 0.442. The van der Waals surface area contributed by atoms with Gasteiger partial charge in [0.2, 0.25) is 5.16 Å². The van der Waals surface area contributed by atoms with Crippen LogP contribution in [0.25, 0.3) is 5.69 Å². The number of carbonyl (C=O) groups is 1. The first-order chi connectivity index (χ1) is 11.6. The SMILES string of the molecule is COc1ccc(C)cc1-n1nnnc1SCC(=O)c1ccc(Br)s1. The van der Waals surface area contributed by atoms with Gasteiger partial charge in [-0.25, -0.2) is 0 Å². The van der Waals surface area contributed by atoms with Crippen molar-refractivity contribution in [2.24, 2.45) is 0 Å². The summed E-state index contributed by atoms with van der Waals surface area (Å²) in [6.07, 6.45) is 0. The Labute approximate surface area is 155 Å². The highest BCUT2D eigenvalue weighted by Crippen LogP contribution is 2.28. The van der Waals surface area contributed by atoms with Crippen LogP contribution in [0.3, 0.4) is 0 Å². The Hall–Kier alpha value is -1.71. The minimum Gasteiger partial charge on any atom is -0.494 e. The summed E-state index contributed by atoms with van der Waals surface area (Å²) in [6.45, 7) is 1.98. The van der Waals surface area contributed by atoms with Crippen LogP contribution < -0.4 is 4.74 Å². The Morgan fingerprint density at radius 2 is 2.21 bits per heavy atom. The molecule has 24 heavy (non-hydrogen) atoms. The van der Waals surface area contributed by atoms with Crippen molar-refractivity contribution in [3.8, 4) is 11.4 Å². The highest BCUT2D eigenvalue weighted by molar-refractivity contribution is 9.11. The molecule has 0 N–H and O–H groups in total. The van der Waals surface area contributed by atoms with Crippen molar-refractivity contribution < 1.29 is 9.53 Å². The smallest absolute Gasteiger partial charge is 0.214 e. The molecule has 0 saturated carbocycles. The molecule has 2 heterocycles. The van der Waals surface area contributed by atoms with Gasteiger partial charge in [-0.3, -0.25) is 4.79 Å². The Morgan fingerprint density at radius 1 is 1.38 bits per heavy atom. The Kier molecular flexibility index (Phi) is 5.32. The fourth-order valence-corrected chi connectivity index (χ4v) is 4.23. The van der Waals surface area contributed by atoms with Crippen molar-refractivity contribution in [2.75, 3.05) is 12.9 Å². The molecule has 0 bridgehead atoms. The first-order valence-electron chi connectivity index (χ1n) is 6.93. The maximum absolute atomic E-state index is 12.2. The maximum Gasteiger partial charge on any atom is 0.214 e. The number of aromatic nitrogens is 4. The van der Waals surface area contributed by atoms with Crippen molar-refractivity contribution in [1.29, 1.82) is 0 Å². The molecular formula is C15H13BrN4O2S2. The van der Waals surface area contributed by atoms with Gasteiger partial charge in [0.25, 0.3) is 0 Å². The van der Waals surface area contributed by atoms with E-state index in [1.807, 2.05) is 37.3 Å². The molecule has 3 rings (SSSR count). The molecule has 0 aliphatic heterocycles. The summed E-state index contributed by atoms with van der Waals surface area (Å²) in [7, 11) is 1.60. The van der Waals surface area contributed by atoms with Crippen LogP contribution in [-0.2, 0) is 0 Å². The molecule has 2 aromatic heterocycles. The first kappa shape index (κ1) is 17.1. The van der Waals surface area contributed by atoms with E-state index < -0.39 is 0 Å². The lowest BCUT2D eigenvalue weighted by atomic mass is 10.2. The number of methoxy groups -OCH3 is 1. The number of aryl methyl sites for hydroxylation is 1. The summed E-state index contributed by atoms with van der Waals surface area (Å²) < 4.78 is 7.91. The number of halogens is 1. The summed E-state index contributed by atoms with van der Waals surface area (Å²) in [4.78, 5) is 13.0. The van der Waals surface area contributed by atoms with Crippen molar-refractivity contribution in [2.45, 2.75) is 12.1 Å². The van der Waals surface area contributed by atoms with Crippen LogP contribution in [0.2, 0.25) is 0 Å². The van der Waals surface area contributed by atoms with Gasteiger partial charge in [0.15, 0.2) is 5.78 Å². The molecule has 9 heteroatoms. The van der Waals surface area contributed by atoms with E-state index in [4.69, 9.17) is 4.74 Å². The number of Topliss-reactive ketones (excluding diaryl/α,β-unsaturated/α-hetero) is 1. The molecular weight excluding hydrogens is 412 g/mol. The predicted molar refractivity (Wildman–Crippen MR) is 97.5 cm³/mol. The summed E-state index contributed by atoms with van der Waals surface area (Å²) in [5, 5.41) is 12.3. The second-order valence-corrected chi connectivity index (χ2v) is 8.27. The third-order valence-electron chi connectivity index (χ3n) is 3.18. The zero-order valence-electron chi connectivity index (χ0n) is 12.9. The van der Waals surface area contributed by atoms with Gasteiger partial charge in [0.1, 0.15) is 11.4 Å². The van der Waals surface area contributed by atoms with E-state index in [0.717, 1.165) is 15.0 Å². The Morgan fingerprint density at radius 3 is 2.92 bits per heavy atom. The summed E-state index contributed by atoms with van der Waals surface area (Å²) in [5.74, 6) is 0.978. The number of benzene rings is 1. The summed E-state index contributed by atoms with van der Waals surface area (Å²) in [6, 6.07) is 9.44. The van der Waals surface area contributed by atoms with E-state index in [-0.39, 0.29) is 11.5 Å². The highest BCUT2D eigenvalue weighted by Gasteiger charge is 2.16. The zero-order valence-corrected chi connectivity index (χ0v) is 16.1. The minimum absolute atomic E-state index is 0.0430. The fourth-order valence-electron chi connectivity index (χ4n) is 2.05. The number of ketones is 1. The molecule has 0 spiro atoms. The summed E-state index contributed by atoms with van der Waals surface area (Å²) in [5.41, 5.74) is 1.81. The lowest BCUT2D eigenvalue weighted by Gasteiger charge is -2.10. The molecule has 0 aliphatic rings. The van der Waals surface area contributed by atoms with E-state index in [1.54, 1.807) is 11.8 Å². The first-order valence-corrected chi connectivity index (χ1v) is 9.52. The Bertz CT molecular complexity index is 878. The highest BCUT2D eigenvalue weighted by atomic mass is 79.9. The van der Waals surface area contributed by atoms with E-state index in [1.165, 1.54) is 23.1 Å². The van der Waals surface area contributed by atoms with Crippen molar-refractivity contribution in [3.63, 3.8) is 0 Å². The molecule has 0 saturated heterocycles. The van der Waals surface area contributed by atoms with E-state index >= 15 is 0 Å². The van der Waals surface area contributed by atoms with Crippen LogP contribution in [0.15, 0.2) is 39.3 Å². The molecule has 6 nitrogen and oxygen atoms in total. The van der Waals surface area contributed by atoms with Gasteiger partial charge < -0.3 is 4.74 Å². The minimum atomic E-state index is 0.0430. The summed E-state index contributed by atoms with van der Waals surface area (Å²) >= 11 is 6.08. The average molecular weight is 425 g/mol. The number of hydrogen-bond donors (Lipinski definition) is 0. The second kappa shape index (κ2) is 7.45. The molecule has 3 aromatic rings. The fraction of sp³-hybridized carbons (Fsp3) is 0.200. The third-order valence-corrected chi connectivity index (χ3v) is 5.77. The maximum atomic E-state index is 12.2. The molecule has 0 atom stereocenters. The van der Waals surface area contributed by atoms with E-state index in [2.05, 4.69) is 31.5 Å². The standard InChI is InChI=1S/C15H13BrN4O2S2/c1-9-3-4-12(22-2)10(7-9)20-15(17-18-19-20)23-8-11(21)13-5-6-14(16)24-13/h3-7H,8H2,1-2H3. The molecule has 0 unspecified atom stereocenters. The Balaban J connectivity index is 1.81. The topological polar surface area (TPSA) is 69.9 Å². The van der Waals surface area contributed by atoms with Crippen LogP contribution in [0.4, 0.5) is 0 Å². The molecule has 0 fully saturated rings. The van der Waals surface area contributed by atoms with Gasteiger partial charge in [0.05, 0.1) is 21.5 Å². The van der Waals surface area contributed by atoms with Crippen LogP contribution in [0, 0.1) is 6.92 Å². The van der Waals surface area contributed by atoms with Crippen LogP contribution in [0.1, 0.15) is 15.2 Å². The molecule has 124 valence electrons. The van der Waals surface area contributed by atoms with Crippen LogP contribution in [-0.4, -0.2) is 38.9 Å². The van der Waals surface area contributed by atoms with E-state index in [0.29, 0.717) is 15.8 Å². The molecule has 0 radical (unpaired) electrons. The number of carbonyl (C=O) groups excluding carboxylic acids is 1. The van der Waals surface area contributed by atoms with Gasteiger partial charge in [-0.2, -0.15) is 4.68 Å². The number of thiophene rings is 1. The molecule has 1 aromatic carbocycles. The normalized spacial score (nSPS) is 10.8. The number of rotatable bonds is 6. The average Bonchev–Trinajstić information content (AvgIpc) is 3.21. The number of nitrogens with zero attached hydrogens (tertiary/aromatic N) is 4. The predicted octanol–water partition coefficient (Wildman–Crippen LogP) is 3.78. The zero-order chi connectivity index (χ0) is 17.1. The lowest BCUT2D eigenvalue weighted by molar-refractivity contribution is 0.102. The number of ether oxygens (including phenoxy) is 1. The van der Waals surface area contributed by atoms with Gasteiger partial charge in [-0.05, 0) is 63.1 Å². The van der Waals surface area contributed by atoms with Crippen molar-refractivity contribution in [1.82, 2.24) is 20.2 Å². The van der Waals surface area contributed by atoms with Crippen LogP contribution >= 0.6 is 39.0 Å². The third kappa shape index (κ3) is 3.68. The van der Waals surface area contributed by atoms with E-state index in [9.17, 15) is 4.79 Å². The van der Waals surface area contributed by atoms with Crippen molar-refractivity contribution >= 4 is 44.8 Å². The van der Waals surface area contributed by atoms with Gasteiger partial charge in [-0.15, -0.1) is 16.4 Å². The van der Waals surface area contributed by atoms with Crippen molar-refractivity contribution in [3.05, 3.63) is 44.6 Å². The van der Waals surface area contributed by atoms with Gasteiger partial charge >= 0.3 is 0 Å².